The number of aromatic nitrogens is 3. The minimum absolute atomic E-state index is 0.0395. The van der Waals surface area contributed by atoms with Gasteiger partial charge in [0.25, 0.3) is 0 Å². The summed E-state index contributed by atoms with van der Waals surface area (Å²) in [5.74, 6) is -0.121. The molecule has 1 saturated heterocycles. The molecule has 3 aromatic rings. The number of likely N-dealkylation sites (tertiary alicyclic amines) is 1. The summed E-state index contributed by atoms with van der Waals surface area (Å²) in [6, 6.07) is 4.80. The normalized spacial score (nSPS) is 17.6. The van der Waals surface area contributed by atoms with Crippen molar-refractivity contribution in [2.45, 2.75) is 25.8 Å². The Labute approximate surface area is 168 Å². The van der Waals surface area contributed by atoms with Crippen LogP contribution in [-0.4, -0.2) is 62.6 Å². The predicted octanol–water partition coefficient (Wildman–Crippen LogP) is 2.71. The SMILES string of the molecule is Cc1cc(O)c(-c2nnc(N[C@@H]3CCCN(CCO)C3)c3cnccc23)c(F)c1. The number of aromatic hydroxyl groups is 1. The molecule has 2 aromatic heterocycles. The molecule has 1 aliphatic heterocycles. The van der Waals surface area contributed by atoms with Crippen molar-refractivity contribution in [3.63, 3.8) is 0 Å². The third kappa shape index (κ3) is 3.99. The Morgan fingerprint density at radius 3 is 2.93 bits per heavy atom. The van der Waals surface area contributed by atoms with Crippen LogP contribution in [-0.2, 0) is 0 Å². The Bertz CT molecular complexity index is 1000. The van der Waals surface area contributed by atoms with Gasteiger partial charge in [-0.15, -0.1) is 10.2 Å². The largest absolute Gasteiger partial charge is 0.507 e. The number of β-amino-alcohol motifs (C(OH)–C–C–N with tert-alkyl or cyclic N) is 1. The van der Waals surface area contributed by atoms with Crippen LogP contribution in [0.2, 0.25) is 0 Å². The van der Waals surface area contributed by atoms with Gasteiger partial charge in [0.1, 0.15) is 17.3 Å². The van der Waals surface area contributed by atoms with Crippen LogP contribution in [0, 0.1) is 12.7 Å². The van der Waals surface area contributed by atoms with Crippen molar-refractivity contribution in [3.8, 4) is 17.0 Å². The molecule has 0 amide bonds. The molecule has 3 N–H and O–H groups in total. The fourth-order valence-electron chi connectivity index (χ4n) is 3.96. The fourth-order valence-corrected chi connectivity index (χ4v) is 3.96. The maximum Gasteiger partial charge on any atom is 0.158 e. The molecule has 1 aliphatic rings. The van der Waals surface area contributed by atoms with E-state index in [4.69, 9.17) is 0 Å². The second kappa shape index (κ2) is 8.26. The summed E-state index contributed by atoms with van der Waals surface area (Å²) >= 11 is 0. The molecule has 0 radical (unpaired) electrons. The van der Waals surface area contributed by atoms with E-state index >= 15 is 0 Å². The highest BCUT2D eigenvalue weighted by molar-refractivity contribution is 6.00. The maximum atomic E-state index is 14.6. The molecule has 0 aliphatic carbocycles. The number of aryl methyl sites for hydroxylation is 1. The average molecular weight is 397 g/mol. The van der Waals surface area contributed by atoms with Crippen LogP contribution in [0.15, 0.2) is 30.6 Å². The summed E-state index contributed by atoms with van der Waals surface area (Å²) < 4.78 is 14.6. The monoisotopic (exact) mass is 397 g/mol. The van der Waals surface area contributed by atoms with E-state index in [1.54, 1.807) is 25.4 Å². The van der Waals surface area contributed by atoms with E-state index in [0.29, 0.717) is 23.3 Å². The molecule has 0 spiro atoms. The smallest absolute Gasteiger partial charge is 0.158 e. The number of phenolic OH excluding ortho intramolecular Hbond substituents is 1. The van der Waals surface area contributed by atoms with Gasteiger partial charge in [-0.3, -0.25) is 9.88 Å². The zero-order valence-electron chi connectivity index (χ0n) is 16.3. The van der Waals surface area contributed by atoms with Gasteiger partial charge in [-0.2, -0.15) is 0 Å². The first-order valence-electron chi connectivity index (χ1n) is 9.76. The highest BCUT2D eigenvalue weighted by Crippen LogP contribution is 2.37. The van der Waals surface area contributed by atoms with E-state index in [0.717, 1.165) is 31.3 Å². The van der Waals surface area contributed by atoms with Crippen LogP contribution >= 0.6 is 0 Å². The second-order valence-corrected chi connectivity index (χ2v) is 7.47. The molecule has 7 nitrogen and oxygen atoms in total. The van der Waals surface area contributed by atoms with Crippen molar-refractivity contribution in [1.29, 1.82) is 0 Å². The Morgan fingerprint density at radius 2 is 2.14 bits per heavy atom. The highest BCUT2D eigenvalue weighted by atomic mass is 19.1. The number of fused-ring (bicyclic) bond motifs is 1. The molecular formula is C21H24FN5O2. The number of anilines is 1. The number of piperidine rings is 1. The van der Waals surface area contributed by atoms with Crippen LogP contribution in [0.4, 0.5) is 10.2 Å². The Morgan fingerprint density at radius 1 is 1.28 bits per heavy atom. The minimum atomic E-state index is -0.539. The van der Waals surface area contributed by atoms with Gasteiger partial charge in [-0.05, 0) is 50.1 Å². The van der Waals surface area contributed by atoms with Crippen LogP contribution < -0.4 is 5.32 Å². The van der Waals surface area contributed by atoms with Crippen molar-refractivity contribution in [2.24, 2.45) is 0 Å². The minimum Gasteiger partial charge on any atom is -0.507 e. The number of aliphatic hydroxyl groups is 1. The lowest BCUT2D eigenvalue weighted by Crippen LogP contribution is -2.43. The topological polar surface area (TPSA) is 94.4 Å². The summed E-state index contributed by atoms with van der Waals surface area (Å²) in [6.07, 6.45) is 5.31. The van der Waals surface area contributed by atoms with Crippen LogP contribution in [0.1, 0.15) is 18.4 Å². The van der Waals surface area contributed by atoms with Gasteiger partial charge in [0.2, 0.25) is 0 Å². The van der Waals surface area contributed by atoms with E-state index in [2.05, 4.69) is 25.4 Å². The molecule has 3 heterocycles. The molecular weight excluding hydrogens is 373 g/mol. The number of hydrogen-bond acceptors (Lipinski definition) is 7. The van der Waals surface area contributed by atoms with Gasteiger partial charge in [0.05, 0.1) is 12.2 Å². The summed E-state index contributed by atoms with van der Waals surface area (Å²) in [5.41, 5.74) is 0.955. The molecule has 8 heteroatoms. The lowest BCUT2D eigenvalue weighted by atomic mass is 10.0. The average Bonchev–Trinajstić information content (AvgIpc) is 2.69. The molecule has 29 heavy (non-hydrogen) atoms. The van der Waals surface area contributed by atoms with Crippen LogP contribution in [0.3, 0.4) is 0 Å². The van der Waals surface area contributed by atoms with E-state index in [1.165, 1.54) is 12.1 Å². The Hall–Kier alpha value is -2.84. The maximum absolute atomic E-state index is 14.6. The molecule has 1 atom stereocenters. The third-order valence-electron chi connectivity index (χ3n) is 5.29. The molecule has 1 fully saturated rings. The predicted molar refractivity (Wildman–Crippen MR) is 109 cm³/mol. The molecule has 152 valence electrons. The van der Waals surface area contributed by atoms with E-state index in [-0.39, 0.29) is 29.7 Å². The molecule has 4 rings (SSSR count). The van der Waals surface area contributed by atoms with Gasteiger partial charge in [0, 0.05) is 42.3 Å². The number of hydrogen-bond donors (Lipinski definition) is 3. The highest BCUT2D eigenvalue weighted by Gasteiger charge is 2.22. The van der Waals surface area contributed by atoms with Crippen molar-refractivity contribution in [1.82, 2.24) is 20.1 Å². The first kappa shape index (κ1) is 19.5. The van der Waals surface area contributed by atoms with Gasteiger partial charge in [0.15, 0.2) is 5.82 Å². The van der Waals surface area contributed by atoms with Crippen molar-refractivity contribution >= 4 is 16.6 Å². The Kier molecular flexibility index (Phi) is 5.55. The first-order chi connectivity index (χ1) is 14.1. The molecule has 0 bridgehead atoms. The first-order valence-corrected chi connectivity index (χ1v) is 9.76. The molecule has 0 saturated carbocycles. The summed E-state index contributed by atoms with van der Waals surface area (Å²) in [7, 11) is 0. The van der Waals surface area contributed by atoms with E-state index in [9.17, 15) is 14.6 Å². The van der Waals surface area contributed by atoms with Gasteiger partial charge in [-0.25, -0.2) is 4.39 Å². The summed E-state index contributed by atoms with van der Waals surface area (Å²) in [6.45, 7) is 4.28. The zero-order valence-corrected chi connectivity index (χ0v) is 16.3. The standard InChI is InChI=1S/C21H24FN5O2/c1-13-9-17(22)19(18(29)10-13)20-15-4-5-23-11-16(15)21(26-25-20)24-14-3-2-6-27(12-14)7-8-28/h4-5,9-11,14,28-29H,2-3,6-8,12H2,1H3,(H,24,26)/t14-/m1/s1. The number of nitrogens with one attached hydrogen (secondary N) is 1. The van der Waals surface area contributed by atoms with Crippen molar-refractivity contribution in [3.05, 3.63) is 42.0 Å². The number of phenols is 1. The van der Waals surface area contributed by atoms with Crippen molar-refractivity contribution < 1.29 is 14.6 Å². The van der Waals surface area contributed by atoms with Crippen LogP contribution in [0.25, 0.3) is 22.0 Å². The Balaban J connectivity index is 1.71. The summed E-state index contributed by atoms with van der Waals surface area (Å²) in [4.78, 5) is 6.41. The lowest BCUT2D eigenvalue weighted by molar-refractivity contribution is 0.166. The quantitative estimate of drug-likeness (QED) is 0.609. The van der Waals surface area contributed by atoms with Crippen molar-refractivity contribution in [2.75, 3.05) is 31.6 Å². The summed E-state index contributed by atoms with van der Waals surface area (Å²) in [5, 5.41) is 32.9. The number of nitrogens with zero attached hydrogens (tertiary/aromatic N) is 4. The lowest BCUT2D eigenvalue weighted by Gasteiger charge is -2.33. The number of rotatable bonds is 5. The van der Waals surface area contributed by atoms with Gasteiger partial charge < -0.3 is 15.5 Å². The number of pyridine rings is 1. The number of halogens is 1. The van der Waals surface area contributed by atoms with E-state index < -0.39 is 5.82 Å². The number of aliphatic hydroxyl groups excluding tert-OH is 1. The van der Waals surface area contributed by atoms with Gasteiger partial charge in [-0.1, -0.05) is 0 Å². The molecule has 1 aromatic carbocycles. The third-order valence-corrected chi connectivity index (χ3v) is 5.29. The van der Waals surface area contributed by atoms with E-state index in [1.807, 2.05) is 0 Å². The van der Waals surface area contributed by atoms with Crippen LogP contribution in [0.5, 0.6) is 5.75 Å². The molecule has 0 unspecified atom stereocenters. The fraction of sp³-hybridized carbons (Fsp3) is 0.381. The number of benzene rings is 1. The van der Waals surface area contributed by atoms with Gasteiger partial charge >= 0.3 is 0 Å². The zero-order chi connectivity index (χ0) is 20.4. The second-order valence-electron chi connectivity index (χ2n) is 7.47.